The molecule has 4 rings (SSSR count). The molecule has 2 heterocycles. The highest BCUT2D eigenvalue weighted by atomic mass is 35.5. The number of nitro benzene ring substituents is 1. The van der Waals surface area contributed by atoms with Crippen molar-refractivity contribution >= 4 is 39.9 Å². The second-order valence-corrected chi connectivity index (χ2v) is 6.63. The molecule has 3 aromatic rings. The highest BCUT2D eigenvalue weighted by Gasteiger charge is 2.27. The summed E-state index contributed by atoms with van der Waals surface area (Å²) in [6.07, 6.45) is 1.42. The largest absolute Gasteiger partial charge is 0.449 e. The fourth-order valence-electron chi connectivity index (χ4n) is 3.27. The molecule has 136 valence electrons. The van der Waals surface area contributed by atoms with Crippen molar-refractivity contribution in [3.05, 3.63) is 79.1 Å². The minimum absolute atomic E-state index is 0.101. The molecule has 27 heavy (non-hydrogen) atoms. The molecule has 0 atom stereocenters. The molecule has 0 bridgehead atoms. The SMILES string of the molecule is O=C(c1cc(=O)c2cccc(Cl)c2o1)N1CCCc2ccc([N+](=O)[O-])cc21. The third-order valence-electron chi connectivity index (χ3n) is 4.56. The molecule has 1 amide bonds. The number of anilines is 1. The van der Waals surface area contributed by atoms with Crippen molar-refractivity contribution in [1.29, 1.82) is 0 Å². The first-order chi connectivity index (χ1) is 13.0. The maximum Gasteiger partial charge on any atom is 0.294 e. The highest BCUT2D eigenvalue weighted by molar-refractivity contribution is 6.34. The Kier molecular flexibility index (Phi) is 4.16. The Hall–Kier alpha value is -3.19. The van der Waals surface area contributed by atoms with E-state index in [4.69, 9.17) is 16.0 Å². The predicted molar refractivity (Wildman–Crippen MR) is 101 cm³/mol. The minimum atomic E-state index is -0.532. The Morgan fingerprint density at radius 3 is 2.81 bits per heavy atom. The summed E-state index contributed by atoms with van der Waals surface area (Å²) in [7, 11) is 0. The summed E-state index contributed by atoms with van der Waals surface area (Å²) in [6.45, 7) is 0.372. The first-order valence-electron chi connectivity index (χ1n) is 8.27. The molecule has 0 spiro atoms. The summed E-state index contributed by atoms with van der Waals surface area (Å²) < 4.78 is 5.62. The van der Waals surface area contributed by atoms with Crippen LogP contribution in [-0.4, -0.2) is 17.4 Å². The van der Waals surface area contributed by atoms with Crippen LogP contribution in [0.3, 0.4) is 0 Å². The Labute approximate surface area is 157 Å². The average Bonchev–Trinajstić information content (AvgIpc) is 2.67. The molecule has 0 fully saturated rings. The van der Waals surface area contributed by atoms with Gasteiger partial charge in [0.05, 0.1) is 21.0 Å². The zero-order valence-corrected chi connectivity index (χ0v) is 14.7. The lowest BCUT2D eigenvalue weighted by Gasteiger charge is -2.28. The van der Waals surface area contributed by atoms with E-state index in [0.717, 1.165) is 11.6 Å². The van der Waals surface area contributed by atoms with Gasteiger partial charge in [-0.2, -0.15) is 0 Å². The van der Waals surface area contributed by atoms with E-state index in [9.17, 15) is 19.7 Å². The van der Waals surface area contributed by atoms with Crippen LogP contribution in [0.2, 0.25) is 5.02 Å². The summed E-state index contributed by atoms with van der Waals surface area (Å²) in [5.74, 6) is -0.685. The number of para-hydroxylation sites is 1. The van der Waals surface area contributed by atoms with Gasteiger partial charge >= 0.3 is 0 Å². The van der Waals surface area contributed by atoms with Gasteiger partial charge in [0.2, 0.25) is 0 Å². The average molecular weight is 385 g/mol. The van der Waals surface area contributed by atoms with Crippen molar-refractivity contribution in [2.75, 3.05) is 11.4 Å². The van der Waals surface area contributed by atoms with Gasteiger partial charge in [-0.1, -0.05) is 23.7 Å². The number of nitrogens with zero attached hydrogens (tertiary/aromatic N) is 2. The summed E-state index contributed by atoms with van der Waals surface area (Å²) in [4.78, 5) is 37.4. The molecule has 0 aliphatic carbocycles. The Morgan fingerprint density at radius 2 is 2.04 bits per heavy atom. The second-order valence-electron chi connectivity index (χ2n) is 6.22. The summed E-state index contributed by atoms with van der Waals surface area (Å²) in [5, 5.41) is 11.6. The number of hydrogen-bond acceptors (Lipinski definition) is 5. The summed E-state index contributed by atoms with van der Waals surface area (Å²) >= 11 is 6.10. The highest BCUT2D eigenvalue weighted by Crippen LogP contribution is 2.32. The van der Waals surface area contributed by atoms with Crippen molar-refractivity contribution in [1.82, 2.24) is 0 Å². The number of carbonyl (C=O) groups excluding carboxylic acids is 1. The molecule has 0 saturated carbocycles. The molecule has 8 heteroatoms. The Balaban J connectivity index is 1.82. The minimum Gasteiger partial charge on any atom is -0.449 e. The van der Waals surface area contributed by atoms with Crippen LogP contribution in [0.1, 0.15) is 22.5 Å². The number of aryl methyl sites for hydroxylation is 1. The lowest BCUT2D eigenvalue weighted by atomic mass is 10.0. The molecule has 0 radical (unpaired) electrons. The van der Waals surface area contributed by atoms with Gasteiger partial charge in [0.15, 0.2) is 16.8 Å². The second kappa shape index (κ2) is 6.51. The Morgan fingerprint density at radius 1 is 1.22 bits per heavy atom. The fraction of sp³-hybridized carbons (Fsp3) is 0.158. The third kappa shape index (κ3) is 2.96. The zero-order chi connectivity index (χ0) is 19.1. The number of nitro groups is 1. The van der Waals surface area contributed by atoms with Gasteiger partial charge in [-0.25, -0.2) is 0 Å². The van der Waals surface area contributed by atoms with E-state index in [2.05, 4.69) is 0 Å². The number of rotatable bonds is 2. The van der Waals surface area contributed by atoms with Gasteiger partial charge in [0.1, 0.15) is 0 Å². The van der Waals surface area contributed by atoms with Crippen LogP contribution in [0.25, 0.3) is 11.0 Å². The number of amides is 1. The quantitative estimate of drug-likeness (QED) is 0.492. The van der Waals surface area contributed by atoms with Crippen molar-refractivity contribution in [2.24, 2.45) is 0 Å². The number of fused-ring (bicyclic) bond motifs is 2. The number of benzene rings is 2. The van der Waals surface area contributed by atoms with Crippen LogP contribution in [0, 0.1) is 10.1 Å². The molecule has 1 aromatic heterocycles. The van der Waals surface area contributed by atoms with E-state index in [1.165, 1.54) is 17.0 Å². The maximum atomic E-state index is 13.0. The van der Waals surface area contributed by atoms with E-state index >= 15 is 0 Å². The number of hydrogen-bond donors (Lipinski definition) is 0. The molecular weight excluding hydrogens is 372 g/mol. The summed E-state index contributed by atoms with van der Waals surface area (Å²) in [6, 6.07) is 10.3. The van der Waals surface area contributed by atoms with Crippen LogP contribution >= 0.6 is 11.6 Å². The topological polar surface area (TPSA) is 93.7 Å². The lowest BCUT2D eigenvalue weighted by molar-refractivity contribution is -0.384. The zero-order valence-electron chi connectivity index (χ0n) is 14.0. The maximum absolute atomic E-state index is 13.0. The van der Waals surface area contributed by atoms with Crippen LogP contribution in [0.4, 0.5) is 11.4 Å². The Bertz CT molecular complexity index is 1150. The van der Waals surface area contributed by atoms with E-state index < -0.39 is 10.8 Å². The lowest BCUT2D eigenvalue weighted by Crippen LogP contribution is -2.36. The third-order valence-corrected chi connectivity index (χ3v) is 4.86. The van der Waals surface area contributed by atoms with Gasteiger partial charge in [-0.3, -0.25) is 19.7 Å². The first-order valence-corrected chi connectivity index (χ1v) is 8.65. The molecule has 2 aromatic carbocycles. The van der Waals surface area contributed by atoms with Crippen LogP contribution in [0.15, 0.2) is 51.7 Å². The van der Waals surface area contributed by atoms with E-state index in [1.807, 2.05) is 0 Å². The van der Waals surface area contributed by atoms with E-state index in [1.54, 1.807) is 24.3 Å². The van der Waals surface area contributed by atoms with Gasteiger partial charge in [-0.15, -0.1) is 0 Å². The number of carbonyl (C=O) groups is 1. The molecule has 0 N–H and O–H groups in total. The molecule has 1 aliphatic rings. The van der Waals surface area contributed by atoms with Gasteiger partial charge in [-0.05, 0) is 30.5 Å². The van der Waals surface area contributed by atoms with Crippen LogP contribution in [0.5, 0.6) is 0 Å². The molecule has 1 aliphatic heterocycles. The number of non-ortho nitro benzene ring substituents is 1. The fourth-order valence-corrected chi connectivity index (χ4v) is 3.48. The molecule has 0 saturated heterocycles. The first kappa shape index (κ1) is 17.2. The van der Waals surface area contributed by atoms with Crippen molar-refractivity contribution in [2.45, 2.75) is 12.8 Å². The van der Waals surface area contributed by atoms with Crippen molar-refractivity contribution in [3.8, 4) is 0 Å². The van der Waals surface area contributed by atoms with Crippen molar-refractivity contribution < 1.29 is 14.1 Å². The van der Waals surface area contributed by atoms with E-state index in [-0.39, 0.29) is 32.9 Å². The van der Waals surface area contributed by atoms with Gasteiger partial charge in [0, 0.05) is 24.7 Å². The standard InChI is InChI=1S/C19H13ClN2O5/c20-14-5-1-4-13-16(23)10-17(27-18(13)14)19(24)21-8-2-3-11-6-7-12(22(25)26)9-15(11)21/h1,4-7,9-10H,2-3,8H2. The van der Waals surface area contributed by atoms with Crippen molar-refractivity contribution in [3.63, 3.8) is 0 Å². The molecule has 0 unspecified atom stereocenters. The predicted octanol–water partition coefficient (Wildman–Crippen LogP) is 3.95. The van der Waals surface area contributed by atoms with Crippen LogP contribution < -0.4 is 10.3 Å². The van der Waals surface area contributed by atoms with E-state index in [0.29, 0.717) is 25.1 Å². The smallest absolute Gasteiger partial charge is 0.294 e. The number of halogens is 1. The monoisotopic (exact) mass is 384 g/mol. The van der Waals surface area contributed by atoms with Crippen LogP contribution in [-0.2, 0) is 6.42 Å². The molecule has 7 nitrogen and oxygen atoms in total. The normalized spacial score (nSPS) is 13.4. The molecular formula is C19H13ClN2O5. The van der Waals surface area contributed by atoms with Gasteiger partial charge in [0.25, 0.3) is 11.6 Å². The summed E-state index contributed by atoms with van der Waals surface area (Å²) in [5.41, 5.74) is 0.963. The van der Waals surface area contributed by atoms with Gasteiger partial charge < -0.3 is 9.32 Å².